The molecule has 0 radical (unpaired) electrons. The molecule has 0 unspecified atom stereocenters. The van der Waals surface area contributed by atoms with Crippen LogP contribution in [-0.2, 0) is 11.4 Å². The van der Waals surface area contributed by atoms with Crippen molar-refractivity contribution >= 4 is 57.3 Å². The van der Waals surface area contributed by atoms with Gasteiger partial charge in [0.2, 0.25) is 0 Å². The van der Waals surface area contributed by atoms with Crippen molar-refractivity contribution in [3.63, 3.8) is 0 Å². The maximum absolute atomic E-state index is 12.0. The van der Waals surface area contributed by atoms with Gasteiger partial charge in [0, 0.05) is 16.1 Å². The number of benzene rings is 3. The van der Waals surface area contributed by atoms with Crippen molar-refractivity contribution in [2.45, 2.75) is 13.5 Å². The van der Waals surface area contributed by atoms with Gasteiger partial charge in [0.25, 0.3) is 5.91 Å². The second kappa shape index (κ2) is 11.9. The molecule has 0 aliphatic carbocycles. The first kappa shape index (κ1) is 24.8. The fourth-order valence-electron chi connectivity index (χ4n) is 2.80. The molecule has 170 valence electrons. The number of nitrogens with one attached hydrogen (secondary N) is 1. The lowest BCUT2D eigenvalue weighted by Crippen LogP contribution is -2.14. The van der Waals surface area contributed by atoms with Crippen LogP contribution in [0.4, 0.5) is 0 Å². The summed E-state index contributed by atoms with van der Waals surface area (Å²) >= 11 is 15.5. The number of methoxy groups -OCH3 is 1. The van der Waals surface area contributed by atoms with Gasteiger partial charge in [-0.3, -0.25) is 4.79 Å². The smallest absolute Gasteiger partial charge is 0.264 e. The molecule has 0 aromatic heterocycles. The Hall–Kier alpha value is -2.80. The Balaban J connectivity index is 1.63. The molecule has 0 aliphatic rings. The number of hydrogen-bond acceptors (Lipinski definition) is 4. The van der Waals surface area contributed by atoms with Crippen LogP contribution in [0.2, 0.25) is 10.0 Å². The first-order chi connectivity index (χ1) is 15.9. The van der Waals surface area contributed by atoms with Gasteiger partial charge < -0.3 is 9.47 Å². The third-order valence-corrected chi connectivity index (χ3v) is 5.67. The highest BCUT2D eigenvalue weighted by atomic mass is 79.9. The van der Waals surface area contributed by atoms with Gasteiger partial charge in [-0.2, -0.15) is 5.10 Å². The average molecular weight is 548 g/mol. The summed E-state index contributed by atoms with van der Waals surface area (Å²) in [5.74, 6) is 0.727. The molecule has 0 fully saturated rings. The SMILES string of the molecule is COc1cc(/C=N\NC(=O)/C=C/c2ccc(Cl)cc2Cl)cc(Br)c1OCc1ccc(C)cc1. The van der Waals surface area contributed by atoms with Gasteiger partial charge in [-0.05, 0) is 69.9 Å². The van der Waals surface area contributed by atoms with E-state index in [9.17, 15) is 4.79 Å². The van der Waals surface area contributed by atoms with Gasteiger partial charge >= 0.3 is 0 Å². The largest absolute Gasteiger partial charge is 0.493 e. The highest BCUT2D eigenvalue weighted by Gasteiger charge is 2.11. The standard InChI is InChI=1S/C25H21BrCl2N2O3/c1-16-3-5-17(6-4-16)15-33-25-21(26)11-18(12-23(25)32-2)14-29-30-24(31)10-8-19-7-9-20(27)13-22(19)28/h3-14H,15H2,1-2H3,(H,30,31)/b10-8+,29-14-. The van der Waals surface area contributed by atoms with E-state index in [1.54, 1.807) is 37.5 Å². The maximum atomic E-state index is 12.0. The van der Waals surface area contributed by atoms with Crippen LogP contribution in [-0.4, -0.2) is 19.2 Å². The van der Waals surface area contributed by atoms with E-state index in [2.05, 4.69) is 26.5 Å². The second-order valence-electron chi connectivity index (χ2n) is 7.04. The van der Waals surface area contributed by atoms with Crippen molar-refractivity contribution in [2.75, 3.05) is 7.11 Å². The van der Waals surface area contributed by atoms with Crippen LogP contribution in [0.3, 0.4) is 0 Å². The van der Waals surface area contributed by atoms with E-state index >= 15 is 0 Å². The van der Waals surface area contributed by atoms with Gasteiger partial charge in [-0.1, -0.05) is 59.1 Å². The fourth-order valence-corrected chi connectivity index (χ4v) is 3.85. The number of aryl methyl sites for hydroxylation is 1. The highest BCUT2D eigenvalue weighted by molar-refractivity contribution is 9.10. The van der Waals surface area contributed by atoms with Crippen molar-refractivity contribution in [1.29, 1.82) is 0 Å². The molecule has 0 atom stereocenters. The number of carbonyl (C=O) groups is 1. The molecule has 3 aromatic rings. The van der Waals surface area contributed by atoms with Crippen LogP contribution < -0.4 is 14.9 Å². The predicted molar refractivity (Wildman–Crippen MR) is 137 cm³/mol. The quantitative estimate of drug-likeness (QED) is 0.191. The van der Waals surface area contributed by atoms with Crippen molar-refractivity contribution in [3.05, 3.63) is 97.4 Å². The highest BCUT2D eigenvalue weighted by Crippen LogP contribution is 2.36. The minimum Gasteiger partial charge on any atom is -0.493 e. The van der Waals surface area contributed by atoms with Gasteiger partial charge in [0.05, 0.1) is 17.8 Å². The van der Waals surface area contributed by atoms with E-state index in [1.807, 2.05) is 37.3 Å². The summed E-state index contributed by atoms with van der Waals surface area (Å²) < 4.78 is 12.1. The van der Waals surface area contributed by atoms with Crippen molar-refractivity contribution in [3.8, 4) is 11.5 Å². The van der Waals surface area contributed by atoms with Crippen LogP contribution in [0, 0.1) is 6.92 Å². The van der Waals surface area contributed by atoms with E-state index in [1.165, 1.54) is 17.9 Å². The van der Waals surface area contributed by atoms with Crippen molar-refractivity contribution in [1.82, 2.24) is 5.43 Å². The molecule has 33 heavy (non-hydrogen) atoms. The summed E-state index contributed by atoms with van der Waals surface area (Å²) in [4.78, 5) is 12.0. The molecule has 0 bridgehead atoms. The van der Waals surface area contributed by atoms with Crippen molar-refractivity contribution < 1.29 is 14.3 Å². The Morgan fingerprint density at radius 1 is 1.12 bits per heavy atom. The minimum absolute atomic E-state index is 0.402. The molecular formula is C25H21BrCl2N2O3. The number of amides is 1. The minimum atomic E-state index is -0.402. The maximum Gasteiger partial charge on any atom is 0.264 e. The molecule has 0 saturated carbocycles. The van der Waals surface area contributed by atoms with Gasteiger partial charge in [0.1, 0.15) is 6.61 Å². The normalized spacial score (nSPS) is 11.2. The van der Waals surface area contributed by atoms with Crippen LogP contribution in [0.25, 0.3) is 6.08 Å². The molecule has 0 spiro atoms. The molecule has 1 amide bonds. The van der Waals surface area contributed by atoms with Gasteiger partial charge in [-0.15, -0.1) is 0 Å². The van der Waals surface area contributed by atoms with E-state index in [0.29, 0.717) is 43.8 Å². The predicted octanol–water partition coefficient (Wildman–Crippen LogP) is 6.82. The summed E-state index contributed by atoms with van der Waals surface area (Å²) in [6, 6.07) is 16.8. The monoisotopic (exact) mass is 546 g/mol. The molecule has 1 N–H and O–H groups in total. The first-order valence-electron chi connectivity index (χ1n) is 9.88. The van der Waals surface area contributed by atoms with Crippen molar-refractivity contribution in [2.24, 2.45) is 5.10 Å². The molecule has 0 heterocycles. The lowest BCUT2D eigenvalue weighted by molar-refractivity contribution is -0.116. The Morgan fingerprint density at radius 2 is 1.88 bits per heavy atom. The van der Waals surface area contributed by atoms with E-state index in [0.717, 1.165) is 5.56 Å². The van der Waals surface area contributed by atoms with Crippen LogP contribution in [0.5, 0.6) is 11.5 Å². The third-order valence-electron chi connectivity index (χ3n) is 4.52. The van der Waals surface area contributed by atoms with Crippen LogP contribution >= 0.6 is 39.1 Å². The Morgan fingerprint density at radius 3 is 2.58 bits per heavy atom. The summed E-state index contributed by atoms with van der Waals surface area (Å²) in [6.45, 7) is 2.45. The Labute approximate surface area is 211 Å². The number of ether oxygens (including phenoxy) is 2. The zero-order valence-corrected chi connectivity index (χ0v) is 21.0. The molecule has 8 heteroatoms. The fraction of sp³-hybridized carbons (Fsp3) is 0.120. The number of hydrogen-bond donors (Lipinski definition) is 1. The average Bonchev–Trinajstić information content (AvgIpc) is 2.78. The zero-order valence-electron chi connectivity index (χ0n) is 17.9. The lowest BCUT2D eigenvalue weighted by atomic mass is 10.2. The van der Waals surface area contributed by atoms with E-state index in [4.69, 9.17) is 32.7 Å². The number of rotatable bonds is 8. The summed E-state index contributed by atoms with van der Waals surface area (Å²) in [7, 11) is 1.57. The van der Waals surface area contributed by atoms with Gasteiger partial charge in [-0.25, -0.2) is 5.43 Å². The molecule has 0 aliphatic heterocycles. The number of halogens is 3. The van der Waals surface area contributed by atoms with Crippen LogP contribution in [0.1, 0.15) is 22.3 Å². The molecule has 0 saturated heterocycles. The van der Waals surface area contributed by atoms with Gasteiger partial charge in [0.15, 0.2) is 11.5 Å². The Bertz CT molecular complexity index is 1200. The lowest BCUT2D eigenvalue weighted by Gasteiger charge is -2.13. The number of hydrazone groups is 1. The molecule has 3 rings (SSSR count). The third kappa shape index (κ3) is 7.35. The summed E-state index contributed by atoms with van der Waals surface area (Å²) in [5, 5.41) is 4.97. The Kier molecular flexibility index (Phi) is 8.95. The first-order valence-corrected chi connectivity index (χ1v) is 11.4. The summed E-state index contributed by atoms with van der Waals surface area (Å²) in [6.07, 6.45) is 4.44. The second-order valence-corrected chi connectivity index (χ2v) is 8.74. The number of carbonyl (C=O) groups excluding carboxylic acids is 1. The topological polar surface area (TPSA) is 59.9 Å². The molecular weight excluding hydrogens is 527 g/mol. The zero-order chi connectivity index (χ0) is 23.8. The molecule has 3 aromatic carbocycles. The summed E-state index contributed by atoms with van der Waals surface area (Å²) in [5.41, 5.74) is 6.08. The molecule has 5 nitrogen and oxygen atoms in total. The number of nitrogens with zero attached hydrogens (tertiary/aromatic N) is 1. The van der Waals surface area contributed by atoms with Crippen LogP contribution in [0.15, 0.2) is 70.2 Å². The van der Waals surface area contributed by atoms with E-state index in [-0.39, 0.29) is 0 Å². The van der Waals surface area contributed by atoms with E-state index < -0.39 is 5.91 Å².